The van der Waals surface area contributed by atoms with Crippen LogP contribution in [0.5, 0.6) is 0 Å². The molecule has 0 spiro atoms. The van der Waals surface area contributed by atoms with Crippen LogP contribution < -0.4 is 0 Å². The van der Waals surface area contributed by atoms with E-state index in [1.54, 1.807) is 25.5 Å². The molecule has 0 bridgehead atoms. The van der Waals surface area contributed by atoms with Crippen molar-refractivity contribution in [3.8, 4) is 11.3 Å². The first kappa shape index (κ1) is 16.9. The molecular formula is C18H20N4O3. The van der Waals surface area contributed by atoms with E-state index in [9.17, 15) is 4.79 Å². The van der Waals surface area contributed by atoms with Gasteiger partial charge in [-0.05, 0) is 24.5 Å². The summed E-state index contributed by atoms with van der Waals surface area (Å²) in [6.45, 7) is 4.47. The van der Waals surface area contributed by atoms with Crippen LogP contribution in [-0.2, 0) is 13.0 Å². The highest BCUT2D eigenvalue weighted by atomic mass is 16.5. The van der Waals surface area contributed by atoms with Crippen LogP contribution in [0.15, 0.2) is 45.7 Å². The molecule has 0 aliphatic rings. The topological polar surface area (TPSA) is 85.3 Å². The molecule has 3 aromatic rings. The van der Waals surface area contributed by atoms with E-state index in [-0.39, 0.29) is 18.2 Å². The van der Waals surface area contributed by atoms with Gasteiger partial charge in [0, 0.05) is 37.1 Å². The molecule has 1 amide bonds. The first-order chi connectivity index (χ1) is 12.0. The Morgan fingerprint density at radius 3 is 2.64 bits per heavy atom. The van der Waals surface area contributed by atoms with Crippen LogP contribution in [0.1, 0.15) is 35.9 Å². The van der Waals surface area contributed by atoms with Gasteiger partial charge in [0.1, 0.15) is 5.69 Å². The van der Waals surface area contributed by atoms with Crippen molar-refractivity contribution in [1.82, 2.24) is 20.2 Å². The maximum absolute atomic E-state index is 12.4. The van der Waals surface area contributed by atoms with Gasteiger partial charge in [-0.1, -0.05) is 24.2 Å². The van der Waals surface area contributed by atoms with Gasteiger partial charge in [-0.25, -0.2) is 0 Å². The van der Waals surface area contributed by atoms with Crippen molar-refractivity contribution < 1.29 is 13.8 Å². The van der Waals surface area contributed by atoms with Gasteiger partial charge in [0.2, 0.25) is 5.76 Å². The van der Waals surface area contributed by atoms with E-state index in [0.717, 1.165) is 17.7 Å². The van der Waals surface area contributed by atoms with Crippen molar-refractivity contribution in [2.75, 3.05) is 7.05 Å². The Balaban J connectivity index is 1.66. The van der Waals surface area contributed by atoms with Crippen molar-refractivity contribution in [2.24, 2.45) is 5.92 Å². The van der Waals surface area contributed by atoms with Gasteiger partial charge in [0.25, 0.3) is 5.91 Å². The molecule has 25 heavy (non-hydrogen) atoms. The third-order valence-corrected chi connectivity index (χ3v) is 3.66. The van der Waals surface area contributed by atoms with E-state index in [1.807, 2.05) is 18.2 Å². The monoisotopic (exact) mass is 340 g/mol. The lowest BCUT2D eigenvalue weighted by atomic mass is 10.1. The normalized spacial score (nSPS) is 11.0. The first-order valence-corrected chi connectivity index (χ1v) is 8.10. The second kappa shape index (κ2) is 7.29. The maximum atomic E-state index is 12.4. The number of amides is 1. The molecule has 0 saturated carbocycles. The highest BCUT2D eigenvalue weighted by molar-refractivity contribution is 5.91. The van der Waals surface area contributed by atoms with Crippen LogP contribution in [0.3, 0.4) is 0 Å². The zero-order valence-electron chi connectivity index (χ0n) is 14.5. The van der Waals surface area contributed by atoms with E-state index in [0.29, 0.717) is 17.4 Å². The van der Waals surface area contributed by atoms with Crippen molar-refractivity contribution >= 4 is 5.91 Å². The molecule has 0 unspecified atom stereocenters. The molecule has 0 aliphatic heterocycles. The first-order valence-electron chi connectivity index (χ1n) is 8.10. The summed E-state index contributed by atoms with van der Waals surface area (Å²) in [7, 11) is 1.68. The molecule has 3 rings (SSSR count). The van der Waals surface area contributed by atoms with Gasteiger partial charge in [-0.2, -0.15) is 0 Å². The highest BCUT2D eigenvalue weighted by Crippen LogP contribution is 2.19. The van der Waals surface area contributed by atoms with Crippen LogP contribution in [0.25, 0.3) is 11.3 Å². The summed E-state index contributed by atoms with van der Waals surface area (Å²) < 4.78 is 10.5. The second-order valence-electron chi connectivity index (χ2n) is 6.36. The van der Waals surface area contributed by atoms with E-state index < -0.39 is 0 Å². The Morgan fingerprint density at radius 2 is 1.92 bits per heavy atom. The fourth-order valence-corrected chi connectivity index (χ4v) is 2.47. The Labute approximate surface area is 145 Å². The largest absolute Gasteiger partial charge is 0.359 e. The lowest BCUT2D eigenvalue weighted by Crippen LogP contribution is -2.25. The maximum Gasteiger partial charge on any atom is 0.292 e. The number of hydrogen-bond acceptors (Lipinski definition) is 6. The fraction of sp³-hybridized carbons (Fsp3) is 0.333. The van der Waals surface area contributed by atoms with Crippen molar-refractivity contribution in [3.05, 3.63) is 53.9 Å². The third kappa shape index (κ3) is 4.12. The van der Waals surface area contributed by atoms with Gasteiger partial charge in [0.05, 0.1) is 12.2 Å². The molecule has 0 saturated heterocycles. The predicted octanol–water partition coefficient (Wildman–Crippen LogP) is 3.20. The molecular weight excluding hydrogens is 320 g/mol. The van der Waals surface area contributed by atoms with Gasteiger partial charge in [0.15, 0.2) is 5.76 Å². The van der Waals surface area contributed by atoms with E-state index >= 15 is 0 Å². The molecule has 7 heteroatoms. The van der Waals surface area contributed by atoms with Crippen LogP contribution in [0, 0.1) is 5.92 Å². The number of pyridine rings is 1. The standard InChI is InChI=1S/C18H20N4O3/c1-12(2)8-14-9-17(25-20-14)18(23)22(3)11-15-10-16(21-24-15)13-4-6-19-7-5-13/h4-7,9-10,12H,8,11H2,1-3H3. The lowest BCUT2D eigenvalue weighted by Gasteiger charge is -2.12. The highest BCUT2D eigenvalue weighted by Gasteiger charge is 2.19. The molecule has 0 aromatic carbocycles. The molecule has 0 radical (unpaired) electrons. The molecule has 0 fully saturated rings. The number of hydrogen-bond donors (Lipinski definition) is 0. The van der Waals surface area contributed by atoms with E-state index in [2.05, 4.69) is 29.1 Å². The van der Waals surface area contributed by atoms with Crippen molar-refractivity contribution in [2.45, 2.75) is 26.8 Å². The number of carbonyl (C=O) groups excluding carboxylic acids is 1. The summed E-state index contributed by atoms with van der Waals surface area (Å²) >= 11 is 0. The number of nitrogens with zero attached hydrogens (tertiary/aromatic N) is 4. The smallest absolute Gasteiger partial charge is 0.292 e. The Bertz CT molecular complexity index is 839. The summed E-state index contributed by atoms with van der Waals surface area (Å²) in [6.07, 6.45) is 4.16. The van der Waals surface area contributed by atoms with Crippen LogP contribution >= 0.6 is 0 Å². The fourth-order valence-electron chi connectivity index (χ4n) is 2.47. The quantitative estimate of drug-likeness (QED) is 0.685. The average Bonchev–Trinajstić information content (AvgIpc) is 3.24. The van der Waals surface area contributed by atoms with Crippen molar-refractivity contribution in [1.29, 1.82) is 0 Å². The van der Waals surface area contributed by atoms with Gasteiger partial charge in [-0.15, -0.1) is 0 Å². The minimum atomic E-state index is -0.246. The summed E-state index contributed by atoms with van der Waals surface area (Å²) in [5.74, 6) is 1.02. The zero-order chi connectivity index (χ0) is 17.8. The molecule has 0 atom stereocenters. The van der Waals surface area contributed by atoms with Gasteiger partial charge in [-0.3, -0.25) is 9.78 Å². The second-order valence-corrected chi connectivity index (χ2v) is 6.36. The van der Waals surface area contributed by atoms with Crippen LogP contribution in [-0.4, -0.2) is 33.2 Å². The number of rotatable bonds is 6. The Hall–Kier alpha value is -2.96. The molecule has 3 heterocycles. The molecule has 0 N–H and O–H groups in total. The molecule has 130 valence electrons. The van der Waals surface area contributed by atoms with Crippen LogP contribution in [0.2, 0.25) is 0 Å². The minimum Gasteiger partial charge on any atom is -0.359 e. The zero-order valence-corrected chi connectivity index (χ0v) is 14.5. The SMILES string of the molecule is CC(C)Cc1cc(C(=O)N(C)Cc2cc(-c3ccncc3)no2)on1. The predicted molar refractivity (Wildman–Crippen MR) is 90.6 cm³/mol. The minimum absolute atomic E-state index is 0.229. The molecule has 7 nitrogen and oxygen atoms in total. The summed E-state index contributed by atoms with van der Waals surface area (Å²) in [5.41, 5.74) is 2.40. The van der Waals surface area contributed by atoms with Crippen LogP contribution in [0.4, 0.5) is 0 Å². The molecule has 3 aromatic heterocycles. The van der Waals surface area contributed by atoms with Gasteiger partial charge >= 0.3 is 0 Å². The summed E-state index contributed by atoms with van der Waals surface area (Å²) in [5, 5.41) is 7.98. The summed E-state index contributed by atoms with van der Waals surface area (Å²) in [4.78, 5) is 17.9. The van der Waals surface area contributed by atoms with Crippen molar-refractivity contribution in [3.63, 3.8) is 0 Å². The van der Waals surface area contributed by atoms with E-state index in [4.69, 9.17) is 9.05 Å². The Morgan fingerprint density at radius 1 is 1.16 bits per heavy atom. The van der Waals surface area contributed by atoms with Gasteiger partial charge < -0.3 is 13.9 Å². The summed E-state index contributed by atoms with van der Waals surface area (Å²) in [6, 6.07) is 7.20. The Kier molecular flexibility index (Phi) is 4.92. The number of carbonyl (C=O) groups is 1. The molecule has 0 aliphatic carbocycles. The average molecular weight is 340 g/mol. The lowest BCUT2D eigenvalue weighted by molar-refractivity contribution is 0.0730. The third-order valence-electron chi connectivity index (χ3n) is 3.66. The van der Waals surface area contributed by atoms with E-state index in [1.165, 1.54) is 4.90 Å². The number of aromatic nitrogens is 3.